The van der Waals surface area contributed by atoms with Crippen LogP contribution in [0.4, 0.5) is 35.4 Å². The first-order valence-corrected chi connectivity index (χ1v) is 11.6. The van der Waals surface area contributed by atoms with Crippen LogP contribution in [0.15, 0.2) is 73.1 Å². The molecule has 7 nitrogen and oxygen atoms in total. The van der Waals surface area contributed by atoms with Crippen molar-refractivity contribution in [1.29, 1.82) is 0 Å². The monoisotopic (exact) mass is 508 g/mol. The summed E-state index contributed by atoms with van der Waals surface area (Å²) >= 11 is 1.28. The molecule has 5 aromatic rings. The molecular formula is C25H19F3N6OS. The zero-order valence-corrected chi connectivity index (χ0v) is 19.6. The number of thiazole rings is 1. The summed E-state index contributed by atoms with van der Waals surface area (Å²) in [5.41, 5.74) is 8.10. The lowest BCUT2D eigenvalue weighted by Gasteiger charge is -2.09. The van der Waals surface area contributed by atoms with E-state index in [-0.39, 0.29) is 11.6 Å². The molecule has 36 heavy (non-hydrogen) atoms. The number of para-hydroxylation sites is 2. The van der Waals surface area contributed by atoms with Gasteiger partial charge in [-0.1, -0.05) is 23.5 Å². The van der Waals surface area contributed by atoms with Crippen LogP contribution in [0.5, 0.6) is 0 Å². The first kappa shape index (κ1) is 23.4. The molecule has 3 aromatic heterocycles. The summed E-state index contributed by atoms with van der Waals surface area (Å²) in [7, 11) is 0. The van der Waals surface area contributed by atoms with E-state index < -0.39 is 11.7 Å². The van der Waals surface area contributed by atoms with Gasteiger partial charge in [0.05, 0.1) is 33.2 Å². The Balaban J connectivity index is 1.35. The number of benzene rings is 2. The number of hydrogen-bond donors (Lipinski definition) is 3. The molecule has 0 saturated heterocycles. The molecule has 0 radical (unpaired) electrons. The average molecular weight is 509 g/mol. The van der Waals surface area contributed by atoms with E-state index >= 15 is 0 Å². The van der Waals surface area contributed by atoms with E-state index in [0.717, 1.165) is 6.07 Å². The van der Waals surface area contributed by atoms with Crippen LogP contribution in [-0.4, -0.2) is 20.3 Å². The van der Waals surface area contributed by atoms with E-state index in [4.69, 9.17) is 5.73 Å². The summed E-state index contributed by atoms with van der Waals surface area (Å²) in [6.07, 6.45) is -1.36. The number of nitrogen functional groups attached to an aromatic ring is 1. The molecule has 0 unspecified atom stereocenters. The summed E-state index contributed by atoms with van der Waals surface area (Å²) in [5, 5.41) is 6.48. The normalized spacial score (nSPS) is 11.6. The number of nitrogens with zero attached hydrogens (tertiary/aromatic N) is 3. The fourth-order valence-electron chi connectivity index (χ4n) is 3.77. The number of hydrogen-bond acceptors (Lipinski definition) is 6. The number of carbonyl (C=O) groups excluding carboxylic acids is 1. The number of amides is 1. The third-order valence-electron chi connectivity index (χ3n) is 5.48. The number of anilines is 4. The van der Waals surface area contributed by atoms with Crippen LogP contribution < -0.4 is 16.4 Å². The summed E-state index contributed by atoms with van der Waals surface area (Å²) in [6.45, 7) is 1.67. The van der Waals surface area contributed by atoms with Crippen molar-refractivity contribution in [1.82, 2.24) is 14.4 Å². The molecule has 0 aliphatic carbocycles. The molecule has 11 heteroatoms. The molecule has 0 aliphatic heterocycles. The van der Waals surface area contributed by atoms with Gasteiger partial charge in [0.1, 0.15) is 5.65 Å². The van der Waals surface area contributed by atoms with Crippen LogP contribution in [0.1, 0.15) is 21.6 Å². The Labute approximate surface area is 207 Å². The highest BCUT2D eigenvalue weighted by atomic mass is 32.1. The van der Waals surface area contributed by atoms with Gasteiger partial charge >= 0.3 is 6.18 Å². The van der Waals surface area contributed by atoms with E-state index in [1.165, 1.54) is 21.8 Å². The highest BCUT2D eigenvalue weighted by Crippen LogP contribution is 2.37. The second-order valence-electron chi connectivity index (χ2n) is 7.93. The van der Waals surface area contributed by atoms with Gasteiger partial charge in [-0.3, -0.25) is 9.20 Å². The topological polar surface area (TPSA) is 97.3 Å². The molecule has 1 amide bonds. The highest BCUT2D eigenvalue weighted by molar-refractivity contribution is 7.18. The number of carbonyl (C=O) groups is 1. The number of halogens is 3. The lowest BCUT2D eigenvalue weighted by molar-refractivity contribution is -0.136. The van der Waals surface area contributed by atoms with Crippen LogP contribution >= 0.6 is 11.3 Å². The minimum atomic E-state index is -4.51. The lowest BCUT2D eigenvalue weighted by atomic mass is 10.2. The zero-order valence-electron chi connectivity index (χ0n) is 18.8. The maximum Gasteiger partial charge on any atom is 0.419 e. The van der Waals surface area contributed by atoms with Crippen molar-refractivity contribution in [2.75, 3.05) is 16.4 Å². The number of aromatic nitrogens is 3. The maximum atomic E-state index is 13.4. The Morgan fingerprint density at radius 1 is 1.06 bits per heavy atom. The fourth-order valence-corrected chi connectivity index (χ4v) is 4.71. The van der Waals surface area contributed by atoms with Gasteiger partial charge in [-0.05, 0) is 55.5 Å². The molecule has 0 bridgehead atoms. The minimum absolute atomic E-state index is 0.147. The zero-order chi connectivity index (χ0) is 25.4. The SMILES string of the molecule is Cc1nc2c(C(F)(F)F)cccn2c1-c1cnc(Nc2ccc(C(=O)Nc3ccccc3N)cc2)s1. The molecular weight excluding hydrogens is 489 g/mol. The summed E-state index contributed by atoms with van der Waals surface area (Å²) in [4.78, 5) is 21.7. The van der Waals surface area contributed by atoms with Gasteiger partial charge in [-0.2, -0.15) is 13.2 Å². The summed E-state index contributed by atoms with van der Waals surface area (Å²) in [5.74, 6) is -0.294. The predicted molar refractivity (Wildman–Crippen MR) is 135 cm³/mol. The Kier molecular flexibility index (Phi) is 5.84. The van der Waals surface area contributed by atoms with Gasteiger partial charge in [-0.15, -0.1) is 0 Å². The van der Waals surface area contributed by atoms with Crippen molar-refractivity contribution in [3.8, 4) is 10.6 Å². The highest BCUT2D eigenvalue weighted by Gasteiger charge is 2.34. The largest absolute Gasteiger partial charge is 0.419 e. The Morgan fingerprint density at radius 2 is 1.81 bits per heavy atom. The Hall–Kier alpha value is -4.38. The Bertz CT molecular complexity index is 1570. The fraction of sp³-hybridized carbons (Fsp3) is 0.0800. The van der Waals surface area contributed by atoms with Crippen LogP contribution in [0.3, 0.4) is 0 Å². The lowest BCUT2D eigenvalue weighted by Crippen LogP contribution is -2.13. The number of imidazole rings is 1. The van der Waals surface area contributed by atoms with Crippen molar-refractivity contribution in [2.24, 2.45) is 0 Å². The Morgan fingerprint density at radius 3 is 2.53 bits per heavy atom. The van der Waals surface area contributed by atoms with Gasteiger partial charge in [0, 0.05) is 23.6 Å². The number of nitrogens with one attached hydrogen (secondary N) is 2. The predicted octanol–water partition coefficient (Wildman–Crippen LogP) is 6.36. The number of nitrogens with two attached hydrogens (primary N) is 1. The van der Waals surface area contributed by atoms with E-state index in [1.54, 1.807) is 67.8 Å². The molecule has 3 heterocycles. The second-order valence-corrected chi connectivity index (χ2v) is 8.96. The number of fused-ring (bicyclic) bond motifs is 1. The van der Waals surface area contributed by atoms with Crippen LogP contribution in [0.2, 0.25) is 0 Å². The van der Waals surface area contributed by atoms with Crippen LogP contribution in [0, 0.1) is 6.92 Å². The third-order valence-corrected chi connectivity index (χ3v) is 6.40. The molecule has 5 rings (SSSR count). The first-order valence-electron chi connectivity index (χ1n) is 10.7. The van der Waals surface area contributed by atoms with E-state index in [2.05, 4.69) is 20.6 Å². The summed E-state index contributed by atoms with van der Waals surface area (Å²) < 4.78 is 41.7. The molecule has 0 fully saturated rings. The summed E-state index contributed by atoms with van der Waals surface area (Å²) in [6, 6.07) is 16.2. The number of rotatable bonds is 5. The molecule has 0 saturated carbocycles. The van der Waals surface area contributed by atoms with Crippen molar-refractivity contribution in [3.63, 3.8) is 0 Å². The van der Waals surface area contributed by atoms with Gasteiger partial charge in [0.25, 0.3) is 5.91 Å². The van der Waals surface area contributed by atoms with Crippen LogP contribution in [0.25, 0.3) is 16.2 Å². The first-order chi connectivity index (χ1) is 17.2. The molecule has 0 spiro atoms. The van der Waals surface area contributed by atoms with E-state index in [9.17, 15) is 18.0 Å². The van der Waals surface area contributed by atoms with Crippen LogP contribution in [-0.2, 0) is 6.18 Å². The van der Waals surface area contributed by atoms with E-state index in [1.807, 2.05) is 0 Å². The third kappa shape index (κ3) is 4.48. The van der Waals surface area contributed by atoms with Gasteiger partial charge in [0.2, 0.25) is 0 Å². The van der Waals surface area contributed by atoms with Crippen molar-refractivity contribution in [3.05, 3.63) is 89.9 Å². The number of alkyl halides is 3. The standard InChI is InChI=1S/C25H19F3N6OS/c1-14-21(34-12-4-5-17(22(34)31-14)25(26,27)28)20-13-30-24(36-20)32-16-10-8-15(9-11-16)23(35)33-19-7-3-2-6-18(19)29/h2-13H,29H2,1H3,(H,30,32)(H,33,35). The molecule has 2 aromatic carbocycles. The molecule has 4 N–H and O–H groups in total. The molecule has 0 aliphatic rings. The maximum absolute atomic E-state index is 13.4. The van der Waals surface area contributed by atoms with Gasteiger partial charge in [-0.25, -0.2) is 9.97 Å². The van der Waals surface area contributed by atoms with Gasteiger partial charge in [0.15, 0.2) is 5.13 Å². The van der Waals surface area contributed by atoms with E-state index in [0.29, 0.717) is 44.0 Å². The van der Waals surface area contributed by atoms with Crippen molar-refractivity contribution in [2.45, 2.75) is 13.1 Å². The quantitative estimate of drug-likeness (QED) is 0.240. The van der Waals surface area contributed by atoms with Gasteiger partial charge < -0.3 is 16.4 Å². The molecule has 0 atom stereocenters. The number of pyridine rings is 1. The molecule has 182 valence electrons. The smallest absolute Gasteiger partial charge is 0.397 e. The van der Waals surface area contributed by atoms with Crippen molar-refractivity contribution >= 4 is 45.1 Å². The van der Waals surface area contributed by atoms with Crippen molar-refractivity contribution < 1.29 is 18.0 Å². The second kappa shape index (κ2) is 9.00. The minimum Gasteiger partial charge on any atom is -0.397 e. The average Bonchev–Trinajstić information content (AvgIpc) is 3.42. The number of aryl methyl sites for hydroxylation is 1.